The number of methoxy groups -OCH3 is 1. The smallest absolute Gasteiger partial charge is 0.279 e. The lowest BCUT2D eigenvalue weighted by molar-refractivity contribution is -0.900. The predicted molar refractivity (Wildman–Crippen MR) is 127 cm³/mol. The molecule has 32 heavy (non-hydrogen) atoms. The summed E-state index contributed by atoms with van der Waals surface area (Å²) in [5.74, 6) is 0.340. The molecule has 1 aromatic heterocycles. The fraction of sp³-hybridized carbons (Fsp3) is 0.400. The summed E-state index contributed by atoms with van der Waals surface area (Å²) in [6.07, 6.45) is 3.21. The second-order valence-corrected chi connectivity index (χ2v) is 7.92. The molecule has 3 rings (SSSR count). The largest absolute Gasteiger partial charge is 0.497 e. The van der Waals surface area contributed by atoms with Crippen molar-refractivity contribution in [2.45, 2.75) is 33.1 Å². The Hall–Kier alpha value is -3.19. The predicted octanol–water partition coefficient (Wildman–Crippen LogP) is 2.22. The Kier molecular flexibility index (Phi) is 8.39. The zero-order valence-corrected chi connectivity index (χ0v) is 19.2. The van der Waals surface area contributed by atoms with Crippen LogP contribution in [0.1, 0.15) is 43.6 Å². The Morgan fingerprint density at radius 3 is 2.44 bits per heavy atom. The monoisotopic (exact) mass is 437 g/mol. The van der Waals surface area contributed by atoms with Gasteiger partial charge in [-0.15, -0.1) is 0 Å². The molecule has 3 aromatic rings. The van der Waals surface area contributed by atoms with Gasteiger partial charge in [0.25, 0.3) is 11.5 Å². The van der Waals surface area contributed by atoms with Gasteiger partial charge in [-0.25, -0.2) is 0 Å². The van der Waals surface area contributed by atoms with Gasteiger partial charge >= 0.3 is 0 Å². The Morgan fingerprint density at radius 2 is 1.75 bits per heavy atom. The van der Waals surface area contributed by atoms with Gasteiger partial charge in [0, 0.05) is 24.4 Å². The molecule has 0 unspecified atom stereocenters. The van der Waals surface area contributed by atoms with E-state index in [4.69, 9.17) is 4.74 Å². The molecule has 2 N–H and O–H groups in total. The van der Waals surface area contributed by atoms with Gasteiger partial charge < -0.3 is 15.0 Å². The molecule has 0 spiro atoms. The van der Waals surface area contributed by atoms with Gasteiger partial charge in [0.05, 0.1) is 37.8 Å². The minimum Gasteiger partial charge on any atom is -0.497 e. The van der Waals surface area contributed by atoms with Crippen LogP contribution in [0.15, 0.2) is 53.3 Å². The van der Waals surface area contributed by atoms with Crippen molar-refractivity contribution in [3.8, 4) is 11.4 Å². The highest BCUT2D eigenvalue weighted by Gasteiger charge is 2.17. The highest BCUT2D eigenvalue weighted by Crippen LogP contribution is 2.18. The number of hydrogen-bond acceptors (Lipinski definition) is 4. The van der Waals surface area contributed by atoms with Crippen LogP contribution in [0.25, 0.3) is 16.5 Å². The molecular weight excluding hydrogens is 404 g/mol. The highest BCUT2D eigenvalue weighted by atomic mass is 16.5. The van der Waals surface area contributed by atoms with Crippen LogP contribution in [-0.2, 0) is 0 Å². The molecule has 0 saturated carbocycles. The van der Waals surface area contributed by atoms with Crippen molar-refractivity contribution >= 4 is 16.7 Å². The van der Waals surface area contributed by atoms with E-state index in [0.717, 1.165) is 38.9 Å². The van der Waals surface area contributed by atoms with E-state index < -0.39 is 0 Å². The van der Waals surface area contributed by atoms with E-state index in [0.29, 0.717) is 28.8 Å². The maximum atomic E-state index is 13.1. The second kappa shape index (κ2) is 11.4. The molecule has 7 nitrogen and oxygen atoms in total. The Morgan fingerprint density at radius 1 is 1.03 bits per heavy atom. The molecule has 7 heteroatoms. The summed E-state index contributed by atoms with van der Waals surface area (Å²) in [5, 5.41) is 8.46. The molecule has 0 atom stereocenters. The standard InChI is InChI=1S/C25H32N4O3/c1-4-15-28(16-5-2)17-9-14-26-24(30)23-21-12-6-7-13-22(21)25(31)29(27-23)19-10-8-11-20(18-19)32-3/h6-8,10-13,18H,4-5,9,14-17H2,1-3H3,(H,26,30)/p+1. The minimum atomic E-state index is -0.274. The average molecular weight is 438 g/mol. The number of benzene rings is 2. The maximum absolute atomic E-state index is 13.1. The third-order valence-electron chi connectivity index (χ3n) is 5.52. The molecule has 0 aliphatic carbocycles. The number of aromatic nitrogens is 2. The van der Waals surface area contributed by atoms with Crippen LogP contribution in [0, 0.1) is 0 Å². The Balaban J connectivity index is 1.85. The summed E-state index contributed by atoms with van der Waals surface area (Å²) < 4.78 is 6.55. The zero-order valence-electron chi connectivity index (χ0n) is 19.2. The third-order valence-corrected chi connectivity index (χ3v) is 5.52. The lowest BCUT2D eigenvalue weighted by Gasteiger charge is -2.18. The van der Waals surface area contributed by atoms with Gasteiger partial charge in [0.2, 0.25) is 0 Å². The van der Waals surface area contributed by atoms with Crippen molar-refractivity contribution in [3.05, 3.63) is 64.6 Å². The van der Waals surface area contributed by atoms with Crippen LogP contribution in [0.2, 0.25) is 0 Å². The minimum absolute atomic E-state index is 0.245. The summed E-state index contributed by atoms with van der Waals surface area (Å²) in [6, 6.07) is 14.2. The Bertz CT molecular complexity index is 1100. The summed E-state index contributed by atoms with van der Waals surface area (Å²) in [6.45, 7) is 8.30. The van der Waals surface area contributed by atoms with E-state index in [9.17, 15) is 9.59 Å². The van der Waals surface area contributed by atoms with Gasteiger partial charge in [0.15, 0.2) is 5.69 Å². The molecule has 1 heterocycles. The van der Waals surface area contributed by atoms with Gasteiger partial charge in [-0.05, 0) is 31.0 Å². The molecule has 0 saturated heterocycles. The van der Waals surface area contributed by atoms with Crippen molar-refractivity contribution in [2.75, 3.05) is 33.3 Å². The van der Waals surface area contributed by atoms with Crippen LogP contribution < -0.4 is 20.5 Å². The van der Waals surface area contributed by atoms with Gasteiger partial charge in [0.1, 0.15) is 5.75 Å². The zero-order chi connectivity index (χ0) is 22.9. The van der Waals surface area contributed by atoms with Crippen molar-refractivity contribution in [3.63, 3.8) is 0 Å². The van der Waals surface area contributed by atoms with E-state index >= 15 is 0 Å². The molecule has 1 amide bonds. The number of hydrogen-bond donors (Lipinski definition) is 2. The molecule has 0 bridgehead atoms. The van der Waals surface area contributed by atoms with E-state index in [2.05, 4.69) is 24.3 Å². The van der Waals surface area contributed by atoms with Crippen LogP contribution in [0.3, 0.4) is 0 Å². The summed E-state index contributed by atoms with van der Waals surface area (Å²) in [7, 11) is 1.57. The molecular formula is C25H33N4O3+. The molecule has 2 aromatic carbocycles. The summed E-state index contributed by atoms with van der Waals surface area (Å²) in [4.78, 5) is 27.7. The van der Waals surface area contributed by atoms with Crippen molar-refractivity contribution in [1.29, 1.82) is 0 Å². The second-order valence-electron chi connectivity index (χ2n) is 7.92. The molecule has 170 valence electrons. The van der Waals surface area contributed by atoms with Crippen LogP contribution in [-0.4, -0.2) is 49.0 Å². The number of ether oxygens (including phenoxy) is 1. The molecule has 0 aliphatic rings. The topological polar surface area (TPSA) is 77.7 Å². The van der Waals surface area contributed by atoms with Crippen molar-refractivity contribution in [2.24, 2.45) is 0 Å². The van der Waals surface area contributed by atoms with Gasteiger partial charge in [-0.3, -0.25) is 9.59 Å². The van der Waals surface area contributed by atoms with E-state index in [1.54, 1.807) is 54.5 Å². The first-order valence-corrected chi connectivity index (χ1v) is 11.4. The maximum Gasteiger partial charge on any atom is 0.279 e. The fourth-order valence-corrected chi connectivity index (χ4v) is 3.98. The molecule has 0 aliphatic heterocycles. The average Bonchev–Trinajstić information content (AvgIpc) is 2.82. The van der Waals surface area contributed by atoms with Crippen LogP contribution in [0.5, 0.6) is 5.75 Å². The van der Waals surface area contributed by atoms with Gasteiger partial charge in [-0.2, -0.15) is 9.78 Å². The number of carbonyl (C=O) groups excluding carboxylic acids is 1. The number of rotatable bonds is 11. The number of nitrogens with one attached hydrogen (secondary N) is 2. The summed E-state index contributed by atoms with van der Waals surface area (Å²) >= 11 is 0. The normalized spacial score (nSPS) is 11.1. The fourth-order valence-electron chi connectivity index (χ4n) is 3.98. The Labute approximate surface area is 189 Å². The number of quaternary nitrogens is 1. The lowest BCUT2D eigenvalue weighted by atomic mass is 10.1. The van der Waals surface area contributed by atoms with Crippen LogP contribution >= 0.6 is 0 Å². The first kappa shape index (κ1) is 23.5. The van der Waals surface area contributed by atoms with Gasteiger partial charge in [-0.1, -0.05) is 38.1 Å². The number of nitrogens with zero attached hydrogens (tertiary/aromatic N) is 2. The lowest BCUT2D eigenvalue weighted by Crippen LogP contribution is -3.12. The number of carbonyl (C=O) groups is 1. The molecule has 0 fully saturated rings. The SMILES string of the molecule is CCC[NH+](CCC)CCCNC(=O)c1nn(-c2cccc(OC)c2)c(=O)c2ccccc12. The van der Waals surface area contributed by atoms with Crippen LogP contribution in [0.4, 0.5) is 0 Å². The first-order valence-electron chi connectivity index (χ1n) is 11.4. The quantitative estimate of drug-likeness (QED) is 0.451. The van der Waals surface area contributed by atoms with Crippen molar-refractivity contribution in [1.82, 2.24) is 15.1 Å². The number of fused-ring (bicyclic) bond motifs is 1. The van der Waals surface area contributed by atoms with E-state index in [-0.39, 0.29) is 17.2 Å². The third kappa shape index (κ3) is 5.53. The van der Waals surface area contributed by atoms with E-state index in [1.165, 1.54) is 4.68 Å². The first-order chi connectivity index (χ1) is 15.6. The molecule has 0 radical (unpaired) electrons. The highest BCUT2D eigenvalue weighted by molar-refractivity contribution is 6.04. The number of amides is 1. The van der Waals surface area contributed by atoms with Crippen molar-refractivity contribution < 1.29 is 14.4 Å². The van der Waals surface area contributed by atoms with E-state index in [1.807, 2.05) is 6.07 Å². The summed E-state index contributed by atoms with van der Waals surface area (Å²) in [5.41, 5.74) is 0.519.